The van der Waals surface area contributed by atoms with Crippen LogP contribution in [0.25, 0.3) is 11.1 Å². The minimum absolute atomic E-state index is 0.0498. The van der Waals surface area contributed by atoms with Crippen LogP contribution in [0.2, 0.25) is 0 Å². The van der Waals surface area contributed by atoms with E-state index in [1.165, 1.54) is 0 Å². The molecule has 2 rings (SSSR count). The molecule has 2 aromatic rings. The minimum Gasteiger partial charge on any atom is -0.439 e. The lowest BCUT2D eigenvalue weighted by Crippen LogP contribution is -2.28. The average Bonchev–Trinajstić information content (AvgIpc) is 2.57. The second kappa shape index (κ2) is 4.66. The van der Waals surface area contributed by atoms with Crippen LogP contribution < -0.4 is 5.32 Å². The molecule has 1 N–H and O–H groups in total. The third-order valence-corrected chi connectivity index (χ3v) is 2.49. The van der Waals surface area contributed by atoms with Crippen LogP contribution in [-0.2, 0) is 6.54 Å². The summed E-state index contributed by atoms with van der Waals surface area (Å²) in [6.07, 6.45) is -4.23. The second-order valence-electron chi connectivity index (χ2n) is 3.44. The van der Waals surface area contributed by atoms with Gasteiger partial charge in [-0.15, -0.1) is 0 Å². The molecule has 0 aliphatic rings. The number of benzene rings is 1. The van der Waals surface area contributed by atoms with Crippen LogP contribution in [0.1, 0.15) is 5.89 Å². The van der Waals surface area contributed by atoms with Gasteiger partial charge in [0.1, 0.15) is 5.52 Å². The molecular weight excluding hydrogens is 301 g/mol. The Bertz CT molecular complexity index is 524. The van der Waals surface area contributed by atoms with E-state index in [0.29, 0.717) is 11.1 Å². The number of aromatic nitrogens is 1. The van der Waals surface area contributed by atoms with Gasteiger partial charge >= 0.3 is 6.18 Å². The smallest absolute Gasteiger partial charge is 0.401 e. The van der Waals surface area contributed by atoms with E-state index >= 15 is 0 Å². The first-order valence-corrected chi connectivity index (χ1v) is 5.56. The van der Waals surface area contributed by atoms with Crippen molar-refractivity contribution in [3.05, 3.63) is 28.6 Å². The quantitative estimate of drug-likeness (QED) is 0.946. The van der Waals surface area contributed by atoms with E-state index in [4.69, 9.17) is 4.42 Å². The molecule has 0 saturated heterocycles. The molecule has 0 saturated carbocycles. The predicted octanol–water partition coefficient (Wildman–Crippen LogP) is 3.24. The first-order valence-electron chi connectivity index (χ1n) is 4.76. The molecule has 17 heavy (non-hydrogen) atoms. The number of nitrogens with one attached hydrogen (secondary N) is 1. The molecule has 3 nitrogen and oxygen atoms in total. The van der Waals surface area contributed by atoms with Crippen molar-refractivity contribution in [1.82, 2.24) is 10.3 Å². The van der Waals surface area contributed by atoms with Crippen LogP contribution in [0.4, 0.5) is 13.2 Å². The number of hydrogen-bond acceptors (Lipinski definition) is 3. The molecule has 0 aliphatic carbocycles. The molecule has 1 aromatic heterocycles. The second-order valence-corrected chi connectivity index (χ2v) is 4.35. The van der Waals surface area contributed by atoms with Gasteiger partial charge in [-0.05, 0) is 18.2 Å². The van der Waals surface area contributed by atoms with E-state index in [1.54, 1.807) is 18.2 Å². The molecule has 0 atom stereocenters. The van der Waals surface area contributed by atoms with E-state index in [1.807, 2.05) is 0 Å². The van der Waals surface area contributed by atoms with Gasteiger partial charge in [0.05, 0.1) is 13.1 Å². The van der Waals surface area contributed by atoms with Crippen LogP contribution in [0.15, 0.2) is 27.1 Å². The highest BCUT2D eigenvalue weighted by atomic mass is 79.9. The number of rotatable bonds is 3. The molecule has 0 aliphatic heterocycles. The summed E-state index contributed by atoms with van der Waals surface area (Å²) in [6.45, 7) is -1.11. The van der Waals surface area contributed by atoms with E-state index in [9.17, 15) is 13.2 Å². The maximum Gasteiger partial charge on any atom is 0.401 e. The molecule has 0 radical (unpaired) electrons. The molecule has 0 spiro atoms. The number of hydrogen-bond donors (Lipinski definition) is 1. The molecule has 0 fully saturated rings. The van der Waals surface area contributed by atoms with Gasteiger partial charge in [-0.25, -0.2) is 4.98 Å². The highest BCUT2D eigenvalue weighted by molar-refractivity contribution is 9.10. The summed E-state index contributed by atoms with van der Waals surface area (Å²) >= 11 is 3.27. The van der Waals surface area contributed by atoms with Crippen molar-refractivity contribution in [2.75, 3.05) is 6.54 Å². The Balaban J connectivity index is 2.05. The SMILES string of the molecule is FC(F)(F)CNCc1nc2cc(Br)ccc2o1. The molecule has 92 valence electrons. The van der Waals surface area contributed by atoms with Crippen LogP contribution >= 0.6 is 15.9 Å². The molecule has 0 amide bonds. The number of alkyl halides is 3. The van der Waals surface area contributed by atoms with Gasteiger partial charge in [0.25, 0.3) is 0 Å². The number of halogens is 4. The van der Waals surface area contributed by atoms with Crippen LogP contribution in [0, 0.1) is 0 Å². The summed E-state index contributed by atoms with van der Waals surface area (Å²) in [5.74, 6) is 0.238. The summed E-state index contributed by atoms with van der Waals surface area (Å²) in [7, 11) is 0. The Hall–Kier alpha value is -1.08. The van der Waals surface area contributed by atoms with Gasteiger partial charge in [0.15, 0.2) is 5.58 Å². The Morgan fingerprint density at radius 1 is 1.35 bits per heavy atom. The fourth-order valence-electron chi connectivity index (χ4n) is 1.34. The lowest BCUT2D eigenvalue weighted by atomic mass is 10.3. The Morgan fingerprint density at radius 2 is 2.12 bits per heavy atom. The highest BCUT2D eigenvalue weighted by Gasteiger charge is 2.26. The van der Waals surface area contributed by atoms with Crippen molar-refractivity contribution in [1.29, 1.82) is 0 Å². The molecular formula is C10H8BrF3N2O. The lowest BCUT2D eigenvalue weighted by Gasteiger charge is -2.05. The fraction of sp³-hybridized carbons (Fsp3) is 0.300. The van der Waals surface area contributed by atoms with Gasteiger partial charge in [-0.2, -0.15) is 13.2 Å². The van der Waals surface area contributed by atoms with Crippen molar-refractivity contribution in [2.45, 2.75) is 12.7 Å². The predicted molar refractivity (Wildman–Crippen MR) is 59.5 cm³/mol. The van der Waals surface area contributed by atoms with Gasteiger partial charge in [-0.3, -0.25) is 0 Å². The lowest BCUT2D eigenvalue weighted by molar-refractivity contribution is -0.125. The summed E-state index contributed by atoms with van der Waals surface area (Å²) in [5, 5.41) is 2.22. The van der Waals surface area contributed by atoms with E-state index in [2.05, 4.69) is 26.2 Å². The standard InChI is InChI=1S/C10H8BrF3N2O/c11-6-1-2-8-7(3-6)16-9(17-8)4-15-5-10(12,13)14/h1-3,15H,4-5H2. The summed E-state index contributed by atoms with van der Waals surface area (Å²) in [5.41, 5.74) is 1.17. The highest BCUT2D eigenvalue weighted by Crippen LogP contribution is 2.20. The third-order valence-electron chi connectivity index (χ3n) is 2.00. The Kier molecular flexibility index (Phi) is 3.39. The summed E-state index contributed by atoms with van der Waals surface area (Å²) in [4.78, 5) is 4.07. The normalized spacial score (nSPS) is 12.2. The molecule has 0 unspecified atom stereocenters. The van der Waals surface area contributed by atoms with Crippen molar-refractivity contribution >= 4 is 27.0 Å². The summed E-state index contributed by atoms with van der Waals surface area (Å²) < 4.78 is 41.8. The topological polar surface area (TPSA) is 38.1 Å². The largest absolute Gasteiger partial charge is 0.439 e. The average molecular weight is 309 g/mol. The molecule has 1 heterocycles. The third kappa shape index (κ3) is 3.44. The van der Waals surface area contributed by atoms with Gasteiger partial charge in [-0.1, -0.05) is 15.9 Å². The van der Waals surface area contributed by atoms with Crippen LogP contribution in [-0.4, -0.2) is 17.7 Å². The Labute approximate surface area is 103 Å². The monoisotopic (exact) mass is 308 g/mol. The van der Waals surface area contributed by atoms with Gasteiger partial charge in [0, 0.05) is 4.47 Å². The van der Waals surface area contributed by atoms with Crippen molar-refractivity contribution in [2.24, 2.45) is 0 Å². The molecule has 7 heteroatoms. The van der Waals surface area contributed by atoms with E-state index in [0.717, 1.165) is 4.47 Å². The fourth-order valence-corrected chi connectivity index (χ4v) is 1.68. The van der Waals surface area contributed by atoms with Gasteiger partial charge in [0.2, 0.25) is 5.89 Å². The van der Waals surface area contributed by atoms with Crippen molar-refractivity contribution in [3.8, 4) is 0 Å². The zero-order valence-electron chi connectivity index (χ0n) is 8.51. The van der Waals surface area contributed by atoms with E-state index < -0.39 is 12.7 Å². The zero-order chi connectivity index (χ0) is 12.5. The number of fused-ring (bicyclic) bond motifs is 1. The minimum atomic E-state index is -4.23. The van der Waals surface area contributed by atoms with Crippen molar-refractivity contribution < 1.29 is 17.6 Å². The van der Waals surface area contributed by atoms with Crippen LogP contribution in [0.3, 0.4) is 0 Å². The van der Waals surface area contributed by atoms with E-state index in [-0.39, 0.29) is 12.4 Å². The van der Waals surface area contributed by atoms with Crippen molar-refractivity contribution in [3.63, 3.8) is 0 Å². The maximum atomic E-state index is 11.9. The Morgan fingerprint density at radius 3 is 2.82 bits per heavy atom. The van der Waals surface area contributed by atoms with Crippen LogP contribution in [0.5, 0.6) is 0 Å². The van der Waals surface area contributed by atoms with Gasteiger partial charge < -0.3 is 9.73 Å². The number of nitrogens with zero attached hydrogens (tertiary/aromatic N) is 1. The molecule has 1 aromatic carbocycles. The maximum absolute atomic E-state index is 11.9. The first-order chi connectivity index (χ1) is 7.94. The summed E-state index contributed by atoms with van der Waals surface area (Å²) in [6, 6.07) is 5.23. The zero-order valence-corrected chi connectivity index (χ0v) is 10.1. The first kappa shape index (κ1) is 12.4. The molecule has 0 bridgehead atoms. The number of oxazole rings is 1.